The molecule has 1 aliphatic carbocycles. The van der Waals surface area contributed by atoms with Gasteiger partial charge in [-0.1, -0.05) is 0 Å². The van der Waals surface area contributed by atoms with Crippen LogP contribution >= 0.6 is 0 Å². The van der Waals surface area contributed by atoms with E-state index in [4.69, 9.17) is 9.97 Å². The van der Waals surface area contributed by atoms with Gasteiger partial charge in [-0.25, -0.2) is 9.97 Å². The fourth-order valence-electron chi connectivity index (χ4n) is 3.82. The molecule has 1 saturated heterocycles. The average molecular weight is 339 g/mol. The van der Waals surface area contributed by atoms with Gasteiger partial charge in [0.25, 0.3) is 0 Å². The standard InChI is InChI=1S/C19H25N5O/c1-14(25)13-23-9-11-24(12-10-23)19-16-3-2-4-17(16)21-18(22-19)15-5-7-20-8-6-15/h5-8,14,25H,2-4,9-13H2,1H3. The Balaban J connectivity index is 1.60. The summed E-state index contributed by atoms with van der Waals surface area (Å²) in [4.78, 5) is 18.6. The van der Waals surface area contributed by atoms with Crippen molar-refractivity contribution in [1.29, 1.82) is 0 Å². The zero-order valence-electron chi connectivity index (χ0n) is 14.7. The molecule has 1 aliphatic heterocycles. The van der Waals surface area contributed by atoms with Crippen LogP contribution in [0.5, 0.6) is 0 Å². The summed E-state index contributed by atoms with van der Waals surface area (Å²) in [6.07, 6.45) is 6.60. The summed E-state index contributed by atoms with van der Waals surface area (Å²) in [5.41, 5.74) is 3.57. The number of pyridine rings is 1. The van der Waals surface area contributed by atoms with Gasteiger partial charge in [-0.05, 0) is 38.3 Å². The fraction of sp³-hybridized carbons (Fsp3) is 0.526. The van der Waals surface area contributed by atoms with Gasteiger partial charge >= 0.3 is 0 Å². The molecule has 1 fully saturated rings. The zero-order valence-corrected chi connectivity index (χ0v) is 14.7. The maximum absolute atomic E-state index is 9.60. The van der Waals surface area contributed by atoms with Gasteiger partial charge in [-0.2, -0.15) is 0 Å². The summed E-state index contributed by atoms with van der Waals surface area (Å²) >= 11 is 0. The largest absolute Gasteiger partial charge is 0.392 e. The van der Waals surface area contributed by atoms with E-state index < -0.39 is 0 Å². The van der Waals surface area contributed by atoms with Crippen LogP contribution in [0.3, 0.4) is 0 Å². The number of piperazine rings is 1. The quantitative estimate of drug-likeness (QED) is 0.911. The second-order valence-corrected chi connectivity index (χ2v) is 7.02. The van der Waals surface area contributed by atoms with Crippen molar-refractivity contribution in [3.63, 3.8) is 0 Å². The third kappa shape index (κ3) is 3.50. The van der Waals surface area contributed by atoms with Crippen LogP contribution in [-0.2, 0) is 12.8 Å². The van der Waals surface area contributed by atoms with Crippen LogP contribution < -0.4 is 4.90 Å². The molecular weight excluding hydrogens is 314 g/mol. The van der Waals surface area contributed by atoms with Gasteiger partial charge in [-0.3, -0.25) is 9.88 Å². The van der Waals surface area contributed by atoms with Crippen LogP contribution in [0.15, 0.2) is 24.5 Å². The van der Waals surface area contributed by atoms with Gasteiger partial charge < -0.3 is 10.0 Å². The van der Waals surface area contributed by atoms with Crippen molar-refractivity contribution < 1.29 is 5.11 Å². The minimum Gasteiger partial charge on any atom is -0.392 e. The molecule has 2 aromatic rings. The highest BCUT2D eigenvalue weighted by molar-refractivity contribution is 5.61. The van der Waals surface area contributed by atoms with Crippen molar-refractivity contribution in [2.24, 2.45) is 0 Å². The molecule has 6 heteroatoms. The van der Waals surface area contributed by atoms with E-state index in [1.807, 2.05) is 19.1 Å². The number of fused-ring (bicyclic) bond motifs is 1. The lowest BCUT2D eigenvalue weighted by molar-refractivity contribution is 0.122. The Bertz CT molecular complexity index is 726. The smallest absolute Gasteiger partial charge is 0.161 e. The summed E-state index contributed by atoms with van der Waals surface area (Å²) in [5, 5.41) is 9.60. The zero-order chi connectivity index (χ0) is 17.2. The molecule has 6 nitrogen and oxygen atoms in total. The molecule has 1 unspecified atom stereocenters. The van der Waals surface area contributed by atoms with Crippen molar-refractivity contribution in [2.45, 2.75) is 32.3 Å². The van der Waals surface area contributed by atoms with Crippen LogP contribution in [0, 0.1) is 0 Å². The predicted molar refractivity (Wildman–Crippen MR) is 97.6 cm³/mol. The third-order valence-electron chi connectivity index (χ3n) is 5.04. The summed E-state index contributed by atoms with van der Waals surface area (Å²) in [6, 6.07) is 3.95. The molecule has 25 heavy (non-hydrogen) atoms. The molecule has 2 aliphatic rings. The Morgan fingerprint density at radius 1 is 1.08 bits per heavy atom. The van der Waals surface area contributed by atoms with E-state index in [0.717, 1.165) is 62.8 Å². The monoisotopic (exact) mass is 339 g/mol. The Morgan fingerprint density at radius 3 is 2.56 bits per heavy atom. The van der Waals surface area contributed by atoms with Gasteiger partial charge in [-0.15, -0.1) is 0 Å². The molecule has 3 heterocycles. The van der Waals surface area contributed by atoms with E-state index in [0.29, 0.717) is 0 Å². The fourth-order valence-corrected chi connectivity index (χ4v) is 3.82. The normalized spacial score (nSPS) is 19.0. The number of hydrogen-bond acceptors (Lipinski definition) is 6. The lowest BCUT2D eigenvalue weighted by atomic mass is 10.1. The van der Waals surface area contributed by atoms with Crippen LogP contribution in [0.4, 0.5) is 5.82 Å². The Kier molecular flexibility index (Phi) is 4.63. The molecule has 0 radical (unpaired) electrons. The molecule has 132 valence electrons. The second-order valence-electron chi connectivity index (χ2n) is 7.02. The van der Waals surface area contributed by atoms with E-state index >= 15 is 0 Å². The molecule has 0 aromatic carbocycles. The lowest BCUT2D eigenvalue weighted by Gasteiger charge is -2.36. The van der Waals surface area contributed by atoms with E-state index in [9.17, 15) is 5.11 Å². The summed E-state index contributed by atoms with van der Waals surface area (Å²) in [5.74, 6) is 1.93. The van der Waals surface area contributed by atoms with Gasteiger partial charge in [0.1, 0.15) is 5.82 Å². The minimum absolute atomic E-state index is 0.270. The minimum atomic E-state index is -0.270. The Hall–Kier alpha value is -2.05. The number of anilines is 1. The summed E-state index contributed by atoms with van der Waals surface area (Å²) in [7, 11) is 0. The maximum atomic E-state index is 9.60. The first-order valence-electron chi connectivity index (χ1n) is 9.16. The second kappa shape index (κ2) is 7.06. The van der Waals surface area contributed by atoms with E-state index in [1.165, 1.54) is 17.7 Å². The number of β-amino-alcohol motifs (C(OH)–C–C–N with tert-alkyl or cyclic N) is 1. The van der Waals surface area contributed by atoms with Crippen molar-refractivity contribution >= 4 is 5.82 Å². The van der Waals surface area contributed by atoms with Crippen LogP contribution in [0.1, 0.15) is 24.6 Å². The number of rotatable bonds is 4. The molecule has 0 bridgehead atoms. The van der Waals surface area contributed by atoms with Crippen LogP contribution in [0.25, 0.3) is 11.4 Å². The molecule has 1 atom stereocenters. The van der Waals surface area contributed by atoms with Crippen LogP contribution in [-0.4, -0.2) is 63.8 Å². The molecule has 2 aromatic heterocycles. The summed E-state index contributed by atoms with van der Waals surface area (Å²) in [6.45, 7) is 6.43. The molecule has 4 rings (SSSR count). The lowest BCUT2D eigenvalue weighted by Crippen LogP contribution is -2.48. The van der Waals surface area contributed by atoms with E-state index in [1.54, 1.807) is 12.4 Å². The highest BCUT2D eigenvalue weighted by atomic mass is 16.3. The number of aromatic nitrogens is 3. The average Bonchev–Trinajstić information content (AvgIpc) is 3.10. The van der Waals surface area contributed by atoms with Crippen molar-refractivity contribution in [1.82, 2.24) is 19.9 Å². The number of nitrogens with zero attached hydrogens (tertiary/aromatic N) is 5. The molecule has 0 saturated carbocycles. The first-order chi connectivity index (χ1) is 12.2. The summed E-state index contributed by atoms with van der Waals surface area (Å²) < 4.78 is 0. The van der Waals surface area contributed by atoms with Gasteiger partial charge in [0, 0.05) is 61.9 Å². The van der Waals surface area contributed by atoms with Crippen LogP contribution in [0.2, 0.25) is 0 Å². The first-order valence-corrected chi connectivity index (χ1v) is 9.16. The van der Waals surface area contributed by atoms with Gasteiger partial charge in [0.15, 0.2) is 5.82 Å². The first kappa shape index (κ1) is 16.4. The highest BCUT2D eigenvalue weighted by Crippen LogP contribution is 2.31. The number of aryl methyl sites for hydroxylation is 1. The van der Waals surface area contributed by atoms with Crippen molar-refractivity contribution in [3.05, 3.63) is 35.8 Å². The Morgan fingerprint density at radius 2 is 1.84 bits per heavy atom. The predicted octanol–water partition coefficient (Wildman–Crippen LogP) is 1.53. The van der Waals surface area contributed by atoms with E-state index in [2.05, 4.69) is 14.8 Å². The van der Waals surface area contributed by atoms with Gasteiger partial charge in [0.05, 0.1) is 6.10 Å². The maximum Gasteiger partial charge on any atom is 0.161 e. The molecule has 0 amide bonds. The highest BCUT2D eigenvalue weighted by Gasteiger charge is 2.26. The topological polar surface area (TPSA) is 65.4 Å². The van der Waals surface area contributed by atoms with Gasteiger partial charge in [0.2, 0.25) is 0 Å². The molecular formula is C19H25N5O. The van der Waals surface area contributed by atoms with E-state index in [-0.39, 0.29) is 6.10 Å². The molecule has 1 N–H and O–H groups in total. The Labute approximate surface area is 148 Å². The number of hydrogen-bond donors (Lipinski definition) is 1. The number of aliphatic hydroxyl groups excluding tert-OH is 1. The number of aliphatic hydroxyl groups is 1. The SMILES string of the molecule is CC(O)CN1CCN(c2nc(-c3ccncc3)nc3c2CCC3)CC1. The third-order valence-corrected chi connectivity index (χ3v) is 5.04. The van der Waals surface area contributed by atoms with Crippen molar-refractivity contribution in [2.75, 3.05) is 37.6 Å². The van der Waals surface area contributed by atoms with Crippen molar-refractivity contribution in [3.8, 4) is 11.4 Å². The molecule has 0 spiro atoms.